The minimum atomic E-state index is -0.323. The molecule has 25 heavy (non-hydrogen) atoms. The summed E-state index contributed by atoms with van der Waals surface area (Å²) in [6.07, 6.45) is 2.45. The number of ether oxygens (including phenoxy) is 1. The normalized spacial score (nSPS) is 9.96. The Morgan fingerprint density at radius 3 is 2.44 bits per heavy atom. The van der Waals surface area contributed by atoms with Gasteiger partial charge in [0, 0.05) is 6.54 Å². The summed E-state index contributed by atoms with van der Waals surface area (Å²) in [5, 5.41) is 5.50. The number of carbonyl (C=O) groups is 2. The van der Waals surface area contributed by atoms with Crippen molar-refractivity contribution in [3.8, 4) is 5.75 Å². The minimum Gasteiger partial charge on any atom is -0.493 e. The molecular weight excluding hydrogens is 316 g/mol. The van der Waals surface area contributed by atoms with Crippen LogP contribution in [0.3, 0.4) is 0 Å². The third kappa shape index (κ3) is 4.94. The average Bonchev–Trinajstić information content (AvgIpc) is 2.65. The van der Waals surface area contributed by atoms with Gasteiger partial charge < -0.3 is 15.4 Å². The van der Waals surface area contributed by atoms with Crippen LogP contribution in [0, 0.1) is 0 Å². The molecule has 0 atom stereocenters. The molecule has 2 N–H and O–H groups in total. The van der Waals surface area contributed by atoms with E-state index in [1.807, 2.05) is 13.0 Å². The fourth-order valence-corrected chi connectivity index (χ4v) is 2.23. The number of rotatable bonds is 8. The van der Waals surface area contributed by atoms with Crippen molar-refractivity contribution < 1.29 is 14.3 Å². The molecule has 130 valence electrons. The molecule has 2 amide bonds. The monoisotopic (exact) mass is 338 g/mol. The van der Waals surface area contributed by atoms with Gasteiger partial charge in [0.05, 0.1) is 23.4 Å². The number of hydrogen-bond donors (Lipinski definition) is 2. The Morgan fingerprint density at radius 2 is 1.72 bits per heavy atom. The van der Waals surface area contributed by atoms with Crippen LogP contribution in [0.5, 0.6) is 5.75 Å². The molecule has 0 aliphatic rings. The van der Waals surface area contributed by atoms with Crippen molar-refractivity contribution in [3.05, 3.63) is 72.3 Å². The van der Waals surface area contributed by atoms with E-state index in [1.165, 1.54) is 0 Å². The van der Waals surface area contributed by atoms with Gasteiger partial charge in [-0.25, -0.2) is 0 Å². The zero-order valence-electron chi connectivity index (χ0n) is 14.2. The number of hydrogen-bond acceptors (Lipinski definition) is 3. The van der Waals surface area contributed by atoms with Crippen molar-refractivity contribution in [3.63, 3.8) is 0 Å². The lowest BCUT2D eigenvalue weighted by Gasteiger charge is -2.13. The van der Waals surface area contributed by atoms with Crippen LogP contribution in [0.15, 0.2) is 61.2 Å². The first-order valence-electron chi connectivity index (χ1n) is 8.18. The van der Waals surface area contributed by atoms with E-state index in [4.69, 9.17) is 4.74 Å². The maximum atomic E-state index is 12.6. The zero-order chi connectivity index (χ0) is 18.1. The van der Waals surface area contributed by atoms with E-state index in [0.29, 0.717) is 35.7 Å². The smallest absolute Gasteiger partial charge is 0.259 e. The van der Waals surface area contributed by atoms with Gasteiger partial charge in [0.1, 0.15) is 5.75 Å². The highest BCUT2D eigenvalue weighted by molar-refractivity contribution is 6.10. The van der Waals surface area contributed by atoms with Gasteiger partial charge in [0.25, 0.3) is 11.8 Å². The Labute approximate surface area is 147 Å². The number of benzene rings is 2. The molecule has 0 saturated carbocycles. The Hall–Kier alpha value is -3.08. The predicted octanol–water partition coefficient (Wildman–Crippen LogP) is 3.64. The highest BCUT2D eigenvalue weighted by Crippen LogP contribution is 2.21. The van der Waals surface area contributed by atoms with Gasteiger partial charge >= 0.3 is 0 Å². The van der Waals surface area contributed by atoms with E-state index in [-0.39, 0.29) is 11.8 Å². The van der Waals surface area contributed by atoms with Crippen LogP contribution in [0.25, 0.3) is 0 Å². The molecule has 0 heterocycles. The minimum absolute atomic E-state index is 0.272. The molecule has 0 aliphatic carbocycles. The second-order valence-electron chi connectivity index (χ2n) is 5.34. The molecule has 5 nitrogen and oxygen atoms in total. The summed E-state index contributed by atoms with van der Waals surface area (Å²) >= 11 is 0. The molecule has 0 radical (unpaired) electrons. The maximum absolute atomic E-state index is 12.6. The summed E-state index contributed by atoms with van der Waals surface area (Å²) < 4.78 is 5.62. The quantitative estimate of drug-likeness (QED) is 0.722. The third-order valence-electron chi connectivity index (χ3n) is 3.42. The van der Waals surface area contributed by atoms with E-state index in [1.54, 1.807) is 48.5 Å². The van der Waals surface area contributed by atoms with Crippen LogP contribution in [0.2, 0.25) is 0 Å². The lowest BCUT2D eigenvalue weighted by Crippen LogP contribution is -2.25. The summed E-state index contributed by atoms with van der Waals surface area (Å²) in [7, 11) is 0. The fraction of sp³-hybridized carbons (Fsp3) is 0.200. The van der Waals surface area contributed by atoms with Gasteiger partial charge in [0.15, 0.2) is 0 Å². The van der Waals surface area contributed by atoms with E-state index in [2.05, 4.69) is 17.2 Å². The van der Waals surface area contributed by atoms with Gasteiger partial charge in [-0.05, 0) is 30.7 Å². The summed E-state index contributed by atoms with van der Waals surface area (Å²) in [5.74, 6) is -0.0718. The number of para-hydroxylation sites is 2. The van der Waals surface area contributed by atoms with Crippen molar-refractivity contribution in [1.82, 2.24) is 5.32 Å². The van der Waals surface area contributed by atoms with Crippen molar-refractivity contribution in [2.45, 2.75) is 13.3 Å². The van der Waals surface area contributed by atoms with Gasteiger partial charge in [-0.1, -0.05) is 37.3 Å². The lowest BCUT2D eigenvalue weighted by atomic mass is 10.1. The van der Waals surface area contributed by atoms with E-state index >= 15 is 0 Å². The standard InChI is InChI=1S/C20H22N2O3/c1-3-13-21-19(23)15-9-5-7-11-17(15)22-20(24)16-10-6-8-12-18(16)25-14-4-2/h3,5-12H,1,4,13-14H2,2H3,(H,21,23)(H,22,24). The Morgan fingerprint density at radius 1 is 1.04 bits per heavy atom. The predicted molar refractivity (Wildman–Crippen MR) is 99.2 cm³/mol. The largest absolute Gasteiger partial charge is 0.493 e. The van der Waals surface area contributed by atoms with E-state index in [0.717, 1.165) is 6.42 Å². The van der Waals surface area contributed by atoms with Gasteiger partial charge in [-0.2, -0.15) is 0 Å². The van der Waals surface area contributed by atoms with Crippen molar-refractivity contribution >= 4 is 17.5 Å². The number of amides is 2. The molecule has 0 aromatic heterocycles. The molecule has 2 aromatic carbocycles. The number of nitrogens with one attached hydrogen (secondary N) is 2. The molecule has 0 aliphatic heterocycles. The second-order valence-corrected chi connectivity index (χ2v) is 5.34. The topological polar surface area (TPSA) is 67.4 Å². The van der Waals surface area contributed by atoms with Crippen LogP contribution in [0.1, 0.15) is 34.1 Å². The maximum Gasteiger partial charge on any atom is 0.259 e. The number of anilines is 1. The van der Waals surface area contributed by atoms with E-state index < -0.39 is 0 Å². The highest BCUT2D eigenvalue weighted by atomic mass is 16.5. The Bertz CT molecular complexity index is 756. The van der Waals surface area contributed by atoms with Crippen molar-refractivity contribution in [1.29, 1.82) is 0 Å². The van der Waals surface area contributed by atoms with Crippen LogP contribution >= 0.6 is 0 Å². The Kier molecular flexibility index (Phi) is 6.77. The lowest BCUT2D eigenvalue weighted by molar-refractivity contribution is 0.0959. The van der Waals surface area contributed by atoms with Crippen LogP contribution < -0.4 is 15.4 Å². The van der Waals surface area contributed by atoms with Gasteiger partial charge in [0.2, 0.25) is 0 Å². The summed E-state index contributed by atoms with van der Waals surface area (Å²) in [4.78, 5) is 24.9. The van der Waals surface area contributed by atoms with Crippen LogP contribution in [-0.2, 0) is 0 Å². The van der Waals surface area contributed by atoms with Crippen molar-refractivity contribution in [2.75, 3.05) is 18.5 Å². The molecule has 0 bridgehead atoms. The third-order valence-corrected chi connectivity index (χ3v) is 3.42. The average molecular weight is 338 g/mol. The summed E-state index contributed by atoms with van der Waals surface area (Å²) in [5.41, 5.74) is 1.27. The first-order chi connectivity index (χ1) is 12.2. The second kappa shape index (κ2) is 9.27. The zero-order valence-corrected chi connectivity index (χ0v) is 14.2. The first-order valence-corrected chi connectivity index (χ1v) is 8.18. The van der Waals surface area contributed by atoms with E-state index in [9.17, 15) is 9.59 Å². The Balaban J connectivity index is 2.21. The van der Waals surface area contributed by atoms with Crippen molar-refractivity contribution in [2.24, 2.45) is 0 Å². The number of carbonyl (C=O) groups excluding carboxylic acids is 2. The summed E-state index contributed by atoms with van der Waals surface area (Å²) in [6, 6.07) is 13.9. The molecule has 5 heteroatoms. The van der Waals surface area contributed by atoms with Gasteiger partial charge in [-0.15, -0.1) is 6.58 Å². The SMILES string of the molecule is C=CCNC(=O)c1ccccc1NC(=O)c1ccccc1OCCC. The molecule has 0 unspecified atom stereocenters. The molecule has 0 fully saturated rings. The fourth-order valence-electron chi connectivity index (χ4n) is 2.23. The summed E-state index contributed by atoms with van der Waals surface area (Å²) in [6.45, 7) is 6.46. The van der Waals surface area contributed by atoms with Gasteiger partial charge in [-0.3, -0.25) is 9.59 Å². The first kappa shape index (κ1) is 18.3. The van der Waals surface area contributed by atoms with Crippen LogP contribution in [0.4, 0.5) is 5.69 Å². The molecular formula is C20H22N2O3. The molecule has 2 rings (SSSR count). The molecule has 0 spiro atoms. The molecule has 2 aromatic rings. The highest BCUT2D eigenvalue weighted by Gasteiger charge is 2.16. The molecule has 0 saturated heterocycles. The van der Waals surface area contributed by atoms with Crippen LogP contribution in [-0.4, -0.2) is 25.0 Å².